The Kier molecular flexibility index (Phi) is 4.19. The zero-order valence-electron chi connectivity index (χ0n) is 7.29. The van der Waals surface area contributed by atoms with Gasteiger partial charge in [0.1, 0.15) is 0 Å². The first kappa shape index (κ1) is 9.62. The molecule has 1 rings (SSSR count). The molecule has 0 bridgehead atoms. The molecule has 0 spiro atoms. The standard InChI is InChI=1S/C10H14OS/c1-2-3-4-9-5-7-10(12-11)8-6-9/h5-8,11H,2-4H2,1H3. The SMILES string of the molecule is CCCCc1ccc(SO)cc1. The Morgan fingerprint density at radius 2 is 1.92 bits per heavy atom. The highest BCUT2D eigenvalue weighted by Crippen LogP contribution is 2.15. The van der Waals surface area contributed by atoms with Crippen molar-refractivity contribution >= 4 is 12.0 Å². The van der Waals surface area contributed by atoms with E-state index in [1.165, 1.54) is 18.4 Å². The summed E-state index contributed by atoms with van der Waals surface area (Å²) in [6.45, 7) is 2.19. The van der Waals surface area contributed by atoms with Gasteiger partial charge in [0.2, 0.25) is 0 Å². The maximum Gasteiger partial charge on any atom is 0.0351 e. The van der Waals surface area contributed by atoms with E-state index >= 15 is 0 Å². The van der Waals surface area contributed by atoms with Gasteiger partial charge in [-0.3, -0.25) is 0 Å². The number of rotatable bonds is 4. The monoisotopic (exact) mass is 182 g/mol. The fourth-order valence-electron chi connectivity index (χ4n) is 1.10. The van der Waals surface area contributed by atoms with Crippen LogP contribution in [-0.4, -0.2) is 4.55 Å². The molecule has 66 valence electrons. The Balaban J connectivity index is 2.53. The van der Waals surface area contributed by atoms with E-state index in [0.717, 1.165) is 23.4 Å². The third-order valence-electron chi connectivity index (χ3n) is 1.85. The minimum atomic E-state index is 0.801. The fraction of sp³-hybridized carbons (Fsp3) is 0.400. The molecule has 0 saturated carbocycles. The van der Waals surface area contributed by atoms with E-state index < -0.39 is 0 Å². The highest BCUT2D eigenvalue weighted by molar-refractivity contribution is 7.93. The summed E-state index contributed by atoms with van der Waals surface area (Å²) in [5, 5.41) is 0. The van der Waals surface area contributed by atoms with Gasteiger partial charge in [-0.2, -0.15) is 0 Å². The van der Waals surface area contributed by atoms with Crippen LogP contribution in [0.5, 0.6) is 0 Å². The minimum Gasteiger partial charge on any atom is -0.325 e. The van der Waals surface area contributed by atoms with Crippen molar-refractivity contribution in [1.82, 2.24) is 0 Å². The van der Waals surface area contributed by atoms with Crippen LogP contribution in [0.3, 0.4) is 0 Å². The van der Waals surface area contributed by atoms with Gasteiger partial charge in [-0.05, 0) is 30.5 Å². The molecule has 0 fully saturated rings. The first-order valence-electron chi connectivity index (χ1n) is 4.27. The van der Waals surface area contributed by atoms with Crippen LogP contribution in [0.1, 0.15) is 25.3 Å². The largest absolute Gasteiger partial charge is 0.325 e. The van der Waals surface area contributed by atoms with Crippen LogP contribution in [-0.2, 0) is 6.42 Å². The minimum absolute atomic E-state index is 0.801. The van der Waals surface area contributed by atoms with Gasteiger partial charge in [-0.25, -0.2) is 0 Å². The van der Waals surface area contributed by atoms with Gasteiger partial charge in [-0.15, -0.1) is 0 Å². The Bertz CT molecular complexity index is 218. The molecule has 0 saturated heterocycles. The van der Waals surface area contributed by atoms with E-state index in [0.29, 0.717) is 0 Å². The van der Waals surface area contributed by atoms with Crippen molar-refractivity contribution in [2.75, 3.05) is 0 Å². The summed E-state index contributed by atoms with van der Waals surface area (Å²) in [6, 6.07) is 8.06. The van der Waals surface area contributed by atoms with Crippen LogP contribution in [0.15, 0.2) is 29.2 Å². The molecule has 0 aliphatic heterocycles. The molecule has 0 heterocycles. The summed E-state index contributed by atoms with van der Waals surface area (Å²) < 4.78 is 8.72. The van der Waals surface area contributed by atoms with Crippen LogP contribution in [0, 0.1) is 0 Å². The fourth-order valence-corrected chi connectivity index (χ4v) is 1.36. The van der Waals surface area contributed by atoms with E-state index in [9.17, 15) is 0 Å². The second-order valence-electron chi connectivity index (χ2n) is 2.84. The number of aryl methyl sites for hydroxylation is 1. The topological polar surface area (TPSA) is 20.2 Å². The summed E-state index contributed by atoms with van der Waals surface area (Å²) in [5.41, 5.74) is 1.36. The molecule has 1 N–H and O–H groups in total. The molecule has 0 atom stereocenters. The Hall–Kier alpha value is -0.470. The van der Waals surface area contributed by atoms with E-state index in [-0.39, 0.29) is 0 Å². The summed E-state index contributed by atoms with van der Waals surface area (Å²) in [7, 11) is 0. The molecule has 0 radical (unpaired) electrons. The molecule has 12 heavy (non-hydrogen) atoms. The Morgan fingerprint density at radius 1 is 1.25 bits per heavy atom. The number of hydrogen-bond donors (Lipinski definition) is 1. The predicted octanol–water partition coefficient (Wildman–Crippen LogP) is 3.59. The van der Waals surface area contributed by atoms with Crippen molar-refractivity contribution in [2.45, 2.75) is 31.1 Å². The number of hydrogen-bond acceptors (Lipinski definition) is 2. The average Bonchev–Trinajstić information content (AvgIpc) is 2.15. The van der Waals surface area contributed by atoms with Crippen molar-refractivity contribution in [3.63, 3.8) is 0 Å². The van der Waals surface area contributed by atoms with Crippen molar-refractivity contribution in [1.29, 1.82) is 0 Å². The third kappa shape index (κ3) is 2.88. The zero-order valence-corrected chi connectivity index (χ0v) is 8.10. The van der Waals surface area contributed by atoms with Crippen molar-refractivity contribution in [3.05, 3.63) is 29.8 Å². The predicted molar refractivity (Wildman–Crippen MR) is 53.5 cm³/mol. The van der Waals surface area contributed by atoms with Gasteiger partial charge in [0.15, 0.2) is 0 Å². The van der Waals surface area contributed by atoms with Crippen molar-refractivity contribution in [2.24, 2.45) is 0 Å². The third-order valence-corrected chi connectivity index (χ3v) is 2.33. The maximum absolute atomic E-state index is 8.72. The van der Waals surface area contributed by atoms with E-state index in [1.807, 2.05) is 12.1 Å². The van der Waals surface area contributed by atoms with Gasteiger partial charge in [-0.1, -0.05) is 25.5 Å². The molecular weight excluding hydrogens is 168 g/mol. The molecule has 1 nitrogen and oxygen atoms in total. The highest BCUT2D eigenvalue weighted by atomic mass is 32.2. The zero-order chi connectivity index (χ0) is 8.81. The second-order valence-corrected chi connectivity index (χ2v) is 3.49. The summed E-state index contributed by atoms with van der Waals surface area (Å²) in [4.78, 5) is 0.912. The van der Waals surface area contributed by atoms with Crippen LogP contribution in [0.25, 0.3) is 0 Å². The molecule has 1 aromatic carbocycles. The molecule has 0 aliphatic rings. The van der Waals surface area contributed by atoms with Crippen molar-refractivity contribution < 1.29 is 4.55 Å². The highest BCUT2D eigenvalue weighted by Gasteiger charge is 1.93. The molecule has 1 aromatic rings. The van der Waals surface area contributed by atoms with Gasteiger partial charge in [0, 0.05) is 16.9 Å². The van der Waals surface area contributed by atoms with E-state index in [4.69, 9.17) is 4.55 Å². The summed E-state index contributed by atoms with van der Waals surface area (Å²) >= 11 is 0.801. The van der Waals surface area contributed by atoms with Gasteiger partial charge < -0.3 is 4.55 Å². The van der Waals surface area contributed by atoms with E-state index in [2.05, 4.69) is 19.1 Å². The normalized spacial score (nSPS) is 10.2. The lowest BCUT2D eigenvalue weighted by molar-refractivity contribution is 0.663. The quantitative estimate of drug-likeness (QED) is 0.718. The smallest absolute Gasteiger partial charge is 0.0351 e. The number of unbranched alkanes of at least 4 members (excludes halogenated alkanes) is 1. The van der Waals surface area contributed by atoms with Crippen LogP contribution in [0.4, 0.5) is 0 Å². The Labute approximate surface area is 78.0 Å². The molecule has 0 unspecified atom stereocenters. The van der Waals surface area contributed by atoms with Gasteiger partial charge in [0.05, 0.1) is 0 Å². The van der Waals surface area contributed by atoms with E-state index in [1.54, 1.807) is 0 Å². The molecule has 0 aliphatic carbocycles. The van der Waals surface area contributed by atoms with Crippen LogP contribution < -0.4 is 0 Å². The van der Waals surface area contributed by atoms with Gasteiger partial charge in [0.25, 0.3) is 0 Å². The molecule has 2 heteroatoms. The maximum atomic E-state index is 8.72. The van der Waals surface area contributed by atoms with Crippen LogP contribution in [0.2, 0.25) is 0 Å². The molecule has 0 amide bonds. The molecular formula is C10H14OS. The first-order chi connectivity index (χ1) is 5.86. The second kappa shape index (κ2) is 5.22. The molecule has 0 aromatic heterocycles. The number of benzene rings is 1. The lowest BCUT2D eigenvalue weighted by atomic mass is 10.1. The lowest BCUT2D eigenvalue weighted by Gasteiger charge is -1.99. The van der Waals surface area contributed by atoms with Crippen LogP contribution >= 0.6 is 12.0 Å². The van der Waals surface area contributed by atoms with Gasteiger partial charge >= 0.3 is 0 Å². The summed E-state index contributed by atoms with van der Waals surface area (Å²) in [5.74, 6) is 0. The lowest BCUT2D eigenvalue weighted by Crippen LogP contribution is -1.83. The Morgan fingerprint density at radius 3 is 2.42 bits per heavy atom. The van der Waals surface area contributed by atoms with Crippen molar-refractivity contribution in [3.8, 4) is 0 Å². The summed E-state index contributed by atoms with van der Waals surface area (Å²) in [6.07, 6.45) is 3.62. The first-order valence-corrected chi connectivity index (χ1v) is 5.04. The average molecular weight is 182 g/mol.